The first-order chi connectivity index (χ1) is 12.1. The smallest absolute Gasteiger partial charge is 0.254 e. The van der Waals surface area contributed by atoms with E-state index < -0.39 is 0 Å². The highest BCUT2D eigenvalue weighted by Gasteiger charge is 2.36. The number of carbonyl (C=O) groups is 2. The van der Waals surface area contributed by atoms with Crippen molar-refractivity contribution in [1.29, 1.82) is 0 Å². The van der Waals surface area contributed by atoms with E-state index in [1.165, 1.54) is 0 Å². The molecule has 0 bridgehead atoms. The summed E-state index contributed by atoms with van der Waals surface area (Å²) in [6.45, 7) is 3.00. The van der Waals surface area contributed by atoms with Gasteiger partial charge < -0.3 is 19.7 Å². The Labute approximate surface area is 145 Å². The molecule has 6 nitrogen and oxygen atoms in total. The number of nitrogens with one attached hydrogen (secondary N) is 1. The number of amides is 2. The summed E-state index contributed by atoms with van der Waals surface area (Å²) in [4.78, 5) is 26.4. The van der Waals surface area contributed by atoms with Gasteiger partial charge in [-0.05, 0) is 42.8 Å². The Hall–Kier alpha value is -3.02. The molecule has 1 N–H and O–H groups in total. The zero-order valence-corrected chi connectivity index (χ0v) is 13.8. The topological polar surface area (TPSA) is 67.9 Å². The number of aryl methyl sites for hydroxylation is 1. The molecule has 128 valence electrons. The Morgan fingerprint density at radius 3 is 2.68 bits per heavy atom. The van der Waals surface area contributed by atoms with Crippen molar-refractivity contribution < 1.29 is 19.1 Å². The van der Waals surface area contributed by atoms with E-state index in [4.69, 9.17) is 9.47 Å². The van der Waals surface area contributed by atoms with Crippen LogP contribution in [0.15, 0.2) is 42.5 Å². The maximum Gasteiger partial charge on any atom is 0.254 e. The van der Waals surface area contributed by atoms with Crippen molar-refractivity contribution in [1.82, 2.24) is 4.90 Å². The van der Waals surface area contributed by atoms with Crippen molar-refractivity contribution in [2.75, 3.05) is 25.2 Å². The lowest BCUT2D eigenvalue weighted by Gasteiger charge is -2.38. The Bertz CT molecular complexity index is 843. The van der Waals surface area contributed by atoms with Gasteiger partial charge in [0.1, 0.15) is 0 Å². The normalized spacial score (nSPS) is 15.6. The fraction of sp³-hybridized carbons (Fsp3) is 0.263. The summed E-state index contributed by atoms with van der Waals surface area (Å²) < 4.78 is 10.5. The zero-order valence-electron chi connectivity index (χ0n) is 13.8. The van der Waals surface area contributed by atoms with Crippen molar-refractivity contribution in [2.45, 2.75) is 6.92 Å². The van der Waals surface area contributed by atoms with Crippen LogP contribution in [-0.4, -0.2) is 36.6 Å². The van der Waals surface area contributed by atoms with Crippen LogP contribution < -0.4 is 14.8 Å². The van der Waals surface area contributed by atoms with Crippen LogP contribution >= 0.6 is 0 Å². The van der Waals surface area contributed by atoms with E-state index in [-0.39, 0.29) is 24.5 Å². The molecule has 0 aliphatic carbocycles. The Morgan fingerprint density at radius 2 is 1.88 bits per heavy atom. The highest BCUT2D eigenvalue weighted by molar-refractivity contribution is 5.99. The molecule has 0 radical (unpaired) electrons. The molecule has 0 atom stereocenters. The van der Waals surface area contributed by atoms with Gasteiger partial charge in [-0.3, -0.25) is 9.59 Å². The van der Waals surface area contributed by atoms with Gasteiger partial charge in [0.2, 0.25) is 12.7 Å². The molecule has 0 spiro atoms. The second kappa shape index (κ2) is 6.12. The first-order valence-corrected chi connectivity index (χ1v) is 8.16. The summed E-state index contributed by atoms with van der Waals surface area (Å²) in [6, 6.07) is 12.8. The zero-order chi connectivity index (χ0) is 17.4. The summed E-state index contributed by atoms with van der Waals surface area (Å²) in [6.07, 6.45) is 0. The quantitative estimate of drug-likeness (QED) is 0.933. The predicted molar refractivity (Wildman–Crippen MR) is 91.8 cm³/mol. The summed E-state index contributed by atoms with van der Waals surface area (Å²) >= 11 is 0. The van der Waals surface area contributed by atoms with Crippen LogP contribution in [0.1, 0.15) is 15.9 Å². The second-order valence-electron chi connectivity index (χ2n) is 6.33. The summed E-state index contributed by atoms with van der Waals surface area (Å²) in [5, 5.41) is 2.90. The van der Waals surface area contributed by atoms with E-state index in [0.29, 0.717) is 30.2 Å². The maximum absolute atomic E-state index is 12.5. The van der Waals surface area contributed by atoms with Gasteiger partial charge in [0.15, 0.2) is 11.5 Å². The van der Waals surface area contributed by atoms with Gasteiger partial charge in [0.25, 0.3) is 5.91 Å². The Kier molecular flexibility index (Phi) is 3.80. The number of hydrogen-bond acceptors (Lipinski definition) is 4. The molecular formula is C19H18N2O4. The predicted octanol–water partition coefficient (Wildman–Crippen LogP) is 2.43. The number of nitrogens with zero attached hydrogens (tertiary/aromatic N) is 1. The SMILES string of the molecule is Cc1cccc(NC(=O)C2CN(C(=O)c3ccc4c(c3)OCO4)C2)c1. The molecule has 2 heterocycles. The maximum atomic E-state index is 12.5. The molecule has 2 aromatic carbocycles. The summed E-state index contributed by atoms with van der Waals surface area (Å²) in [7, 11) is 0. The minimum Gasteiger partial charge on any atom is -0.454 e. The van der Waals surface area contributed by atoms with E-state index in [2.05, 4.69) is 5.32 Å². The Morgan fingerprint density at radius 1 is 1.08 bits per heavy atom. The lowest BCUT2D eigenvalue weighted by Crippen LogP contribution is -2.54. The largest absolute Gasteiger partial charge is 0.454 e. The highest BCUT2D eigenvalue weighted by atomic mass is 16.7. The van der Waals surface area contributed by atoms with Gasteiger partial charge in [0.05, 0.1) is 5.92 Å². The molecule has 0 saturated carbocycles. The minimum atomic E-state index is -0.182. The first-order valence-electron chi connectivity index (χ1n) is 8.16. The van der Waals surface area contributed by atoms with E-state index >= 15 is 0 Å². The molecule has 1 fully saturated rings. The number of likely N-dealkylation sites (tertiary alicyclic amines) is 1. The molecule has 2 amide bonds. The van der Waals surface area contributed by atoms with Gasteiger partial charge in [-0.25, -0.2) is 0 Å². The van der Waals surface area contributed by atoms with E-state index in [0.717, 1.165) is 11.3 Å². The third kappa shape index (κ3) is 3.03. The van der Waals surface area contributed by atoms with Crippen LogP contribution in [-0.2, 0) is 4.79 Å². The molecule has 25 heavy (non-hydrogen) atoms. The van der Waals surface area contributed by atoms with Crippen LogP contribution in [0.2, 0.25) is 0 Å². The summed E-state index contributed by atoms with van der Waals surface area (Å²) in [5.41, 5.74) is 2.42. The molecule has 2 aliphatic heterocycles. The Balaban J connectivity index is 1.35. The van der Waals surface area contributed by atoms with Gasteiger partial charge in [0, 0.05) is 24.3 Å². The third-order valence-electron chi connectivity index (χ3n) is 4.44. The van der Waals surface area contributed by atoms with Crippen molar-refractivity contribution in [3.8, 4) is 11.5 Å². The lowest BCUT2D eigenvalue weighted by atomic mass is 9.97. The number of rotatable bonds is 3. The van der Waals surface area contributed by atoms with Crippen LogP contribution in [0, 0.1) is 12.8 Å². The monoisotopic (exact) mass is 338 g/mol. The molecule has 2 aliphatic rings. The third-order valence-corrected chi connectivity index (χ3v) is 4.44. The van der Waals surface area contributed by atoms with E-state index in [1.54, 1.807) is 23.1 Å². The fourth-order valence-electron chi connectivity index (χ4n) is 2.99. The number of carbonyl (C=O) groups excluding carboxylic acids is 2. The minimum absolute atomic E-state index is 0.0552. The molecule has 0 unspecified atom stereocenters. The molecule has 6 heteroatoms. The van der Waals surface area contributed by atoms with Gasteiger partial charge in [-0.15, -0.1) is 0 Å². The number of anilines is 1. The summed E-state index contributed by atoms with van der Waals surface area (Å²) in [5.74, 6) is 0.896. The van der Waals surface area contributed by atoms with Crippen LogP contribution in [0.4, 0.5) is 5.69 Å². The van der Waals surface area contributed by atoms with Gasteiger partial charge in [-0.2, -0.15) is 0 Å². The highest BCUT2D eigenvalue weighted by Crippen LogP contribution is 2.33. The van der Waals surface area contributed by atoms with Crippen molar-refractivity contribution >= 4 is 17.5 Å². The molecule has 2 aromatic rings. The second-order valence-corrected chi connectivity index (χ2v) is 6.33. The van der Waals surface area contributed by atoms with Gasteiger partial charge >= 0.3 is 0 Å². The fourth-order valence-corrected chi connectivity index (χ4v) is 2.99. The van der Waals surface area contributed by atoms with Crippen LogP contribution in [0.3, 0.4) is 0 Å². The average Bonchev–Trinajstić information content (AvgIpc) is 3.00. The van der Waals surface area contributed by atoms with Crippen LogP contribution in [0.5, 0.6) is 11.5 Å². The van der Waals surface area contributed by atoms with E-state index in [9.17, 15) is 9.59 Å². The van der Waals surface area contributed by atoms with E-state index in [1.807, 2.05) is 31.2 Å². The number of benzene rings is 2. The standard InChI is InChI=1S/C19H18N2O4/c1-12-3-2-4-15(7-12)20-18(22)14-9-21(10-14)19(23)13-5-6-16-17(8-13)25-11-24-16/h2-8,14H,9-11H2,1H3,(H,20,22). The number of hydrogen-bond donors (Lipinski definition) is 1. The van der Waals surface area contributed by atoms with Gasteiger partial charge in [-0.1, -0.05) is 12.1 Å². The average molecular weight is 338 g/mol. The lowest BCUT2D eigenvalue weighted by molar-refractivity contribution is -0.123. The van der Waals surface area contributed by atoms with Crippen LogP contribution in [0.25, 0.3) is 0 Å². The molecule has 0 aromatic heterocycles. The molecule has 4 rings (SSSR count). The molecule has 1 saturated heterocycles. The van der Waals surface area contributed by atoms with Crippen molar-refractivity contribution in [2.24, 2.45) is 5.92 Å². The number of ether oxygens (including phenoxy) is 2. The first kappa shape index (κ1) is 15.5. The molecular weight excluding hydrogens is 320 g/mol. The van der Waals surface area contributed by atoms with Crippen molar-refractivity contribution in [3.05, 3.63) is 53.6 Å². The number of fused-ring (bicyclic) bond motifs is 1. The van der Waals surface area contributed by atoms with Crippen molar-refractivity contribution in [3.63, 3.8) is 0 Å².